The van der Waals surface area contributed by atoms with Crippen LogP contribution in [-0.2, 0) is 25.8 Å². The first kappa shape index (κ1) is 40.1. The molecule has 3 heteroatoms. The van der Waals surface area contributed by atoms with Crippen molar-refractivity contribution in [2.75, 3.05) is 0 Å². The maximum absolute atomic E-state index is 3.46. The van der Waals surface area contributed by atoms with Gasteiger partial charge in [-0.1, -0.05) is 130 Å². The summed E-state index contributed by atoms with van der Waals surface area (Å²) in [5, 5.41) is 9.34. The minimum atomic E-state index is 0. The average Bonchev–Trinajstić information content (AvgIpc) is 3.79. The zero-order valence-electron chi connectivity index (χ0n) is 31.2. The smallest absolute Gasteiger partial charge is 0 e. The topological polar surface area (TPSA) is 0 Å². The maximum atomic E-state index is 3.46. The molecule has 4 aromatic carbocycles. The van der Waals surface area contributed by atoms with Gasteiger partial charge in [-0.05, 0) is 80.9 Å². The summed E-state index contributed by atoms with van der Waals surface area (Å²) in [5.41, 5.74) is 4.07. The number of benzene rings is 2. The summed E-state index contributed by atoms with van der Waals surface area (Å²) in [4.78, 5) is 0. The third-order valence-corrected chi connectivity index (χ3v) is 18.9. The maximum Gasteiger partial charge on any atom is 0 e. The molecule has 0 spiro atoms. The van der Waals surface area contributed by atoms with Gasteiger partial charge in [0.15, 0.2) is 0 Å². The summed E-state index contributed by atoms with van der Waals surface area (Å²) < 4.78 is 0. The van der Waals surface area contributed by atoms with Gasteiger partial charge in [-0.15, -0.1) is 80.7 Å². The van der Waals surface area contributed by atoms with Crippen molar-refractivity contribution in [3.8, 4) is 0 Å². The molecule has 0 amide bonds. The van der Waals surface area contributed by atoms with Gasteiger partial charge in [0, 0.05) is 25.8 Å². The fourth-order valence-electron chi connectivity index (χ4n) is 9.58. The predicted molar refractivity (Wildman–Crippen MR) is 225 cm³/mol. The number of allylic oxidation sites excluding steroid dienone is 3. The SMILES string of the molecule is C=CC=CC.[Hf].c1ccc2[cH-]c(P(C3CCCCC3)C3CCCCC3)cc2c1.c1ccc2[cH-]c(P(C3CCCCC3)C3CCCCC3)cc2c1. The Bertz CT molecular complexity index is 1340. The largest absolute Gasteiger partial charge is 0.161 e. The van der Waals surface area contributed by atoms with Crippen LogP contribution >= 0.6 is 15.8 Å². The second kappa shape index (κ2) is 21.5. The van der Waals surface area contributed by atoms with E-state index in [9.17, 15) is 0 Å². The summed E-state index contributed by atoms with van der Waals surface area (Å²) in [6.45, 7) is 5.42. The number of rotatable bonds is 7. The van der Waals surface area contributed by atoms with Crippen molar-refractivity contribution in [3.05, 3.63) is 97.6 Å². The van der Waals surface area contributed by atoms with E-state index in [-0.39, 0.29) is 41.7 Å². The molecule has 50 heavy (non-hydrogen) atoms. The third-order valence-electron chi connectivity index (χ3n) is 12.0. The molecule has 4 aliphatic carbocycles. The fraction of sp³-hybridized carbons (Fsp3) is 0.532. The molecule has 8 rings (SSSR count). The van der Waals surface area contributed by atoms with Crippen molar-refractivity contribution in [1.29, 1.82) is 0 Å². The van der Waals surface area contributed by atoms with Crippen LogP contribution in [-0.4, -0.2) is 22.6 Å². The first-order valence-electron chi connectivity index (χ1n) is 20.4. The van der Waals surface area contributed by atoms with E-state index in [4.69, 9.17) is 0 Å². The minimum Gasteiger partial charge on any atom is -0.161 e. The second-order valence-electron chi connectivity index (χ2n) is 15.4. The Morgan fingerprint density at radius 3 is 1.10 bits per heavy atom. The molecule has 0 bridgehead atoms. The summed E-state index contributed by atoms with van der Waals surface area (Å²) in [6.07, 6.45) is 35.4. The Kier molecular flexibility index (Phi) is 17.3. The molecule has 0 aromatic heterocycles. The van der Waals surface area contributed by atoms with Crippen molar-refractivity contribution >= 4 is 48.0 Å². The van der Waals surface area contributed by atoms with Gasteiger partial charge < -0.3 is 0 Å². The Balaban J connectivity index is 0.000000169. The van der Waals surface area contributed by atoms with E-state index in [0.29, 0.717) is 0 Å². The van der Waals surface area contributed by atoms with Gasteiger partial charge >= 0.3 is 0 Å². The molecule has 0 saturated heterocycles. The molecule has 4 aromatic rings. The van der Waals surface area contributed by atoms with Crippen LogP contribution in [0.4, 0.5) is 0 Å². The van der Waals surface area contributed by atoms with Crippen molar-refractivity contribution in [2.45, 2.75) is 158 Å². The summed E-state index contributed by atoms with van der Waals surface area (Å²) in [6, 6.07) is 28.1. The van der Waals surface area contributed by atoms with Crippen LogP contribution in [0.15, 0.2) is 97.6 Å². The predicted octanol–water partition coefficient (Wildman–Crippen LogP) is 14.4. The molecule has 0 unspecified atom stereocenters. The zero-order chi connectivity index (χ0) is 33.7. The van der Waals surface area contributed by atoms with E-state index < -0.39 is 0 Å². The molecule has 268 valence electrons. The molecular formula is C47H64HfP2-2. The van der Waals surface area contributed by atoms with Crippen LogP contribution in [0.1, 0.15) is 135 Å². The standard InChI is InChI=1S/2C21H28P.C5H8.Hf/c2*1-3-11-19(12-4-1)22(20-13-5-2-6-14-20)21-15-17-9-7-8-10-18(17)16-21;1-3-5-4-2;/h2*7-10,15-16,19-20H,1-6,11-14H2;3-5H,1H2,2H3;/q2*-1;;. The van der Waals surface area contributed by atoms with E-state index in [1.54, 1.807) is 16.7 Å². The van der Waals surface area contributed by atoms with E-state index in [0.717, 1.165) is 22.6 Å². The molecule has 0 N–H and O–H groups in total. The van der Waals surface area contributed by atoms with Crippen molar-refractivity contribution in [1.82, 2.24) is 0 Å². The van der Waals surface area contributed by atoms with Crippen molar-refractivity contribution < 1.29 is 25.8 Å². The van der Waals surface area contributed by atoms with Gasteiger partial charge in [-0.3, -0.25) is 0 Å². The third kappa shape index (κ3) is 11.0. The van der Waals surface area contributed by atoms with Crippen molar-refractivity contribution in [3.63, 3.8) is 0 Å². The molecule has 0 aliphatic heterocycles. The fourth-order valence-corrected chi connectivity index (χ4v) is 17.3. The van der Waals surface area contributed by atoms with Crippen LogP contribution in [0.2, 0.25) is 0 Å². The summed E-state index contributed by atoms with van der Waals surface area (Å²) in [5.74, 6) is 0. The van der Waals surface area contributed by atoms with Gasteiger partial charge in [0.2, 0.25) is 0 Å². The molecule has 4 aliphatic rings. The van der Waals surface area contributed by atoms with Crippen LogP contribution in [0, 0.1) is 0 Å². The normalized spacial score (nSPS) is 20.0. The summed E-state index contributed by atoms with van der Waals surface area (Å²) >= 11 is 0. The Morgan fingerprint density at radius 2 is 0.840 bits per heavy atom. The Labute approximate surface area is 327 Å². The van der Waals surface area contributed by atoms with E-state index in [1.807, 2.05) is 19.1 Å². The number of hydrogen-bond acceptors (Lipinski definition) is 0. The first-order chi connectivity index (χ1) is 24.2. The first-order valence-corrected chi connectivity index (χ1v) is 23.3. The van der Waals surface area contributed by atoms with Crippen LogP contribution in [0.3, 0.4) is 0 Å². The molecule has 0 atom stereocenters. The van der Waals surface area contributed by atoms with Gasteiger partial charge in [0.25, 0.3) is 0 Å². The van der Waals surface area contributed by atoms with Gasteiger partial charge in [0.1, 0.15) is 0 Å². The van der Waals surface area contributed by atoms with E-state index in [2.05, 4.69) is 79.4 Å². The molecule has 0 heterocycles. The van der Waals surface area contributed by atoms with Gasteiger partial charge in [0.05, 0.1) is 0 Å². The molecule has 0 radical (unpaired) electrons. The van der Waals surface area contributed by atoms with Crippen molar-refractivity contribution in [2.24, 2.45) is 0 Å². The minimum absolute atomic E-state index is 0. The second-order valence-corrected chi connectivity index (χ2v) is 21.0. The molecule has 4 saturated carbocycles. The monoisotopic (exact) mass is 870 g/mol. The van der Waals surface area contributed by atoms with Gasteiger partial charge in [-0.25, -0.2) is 0 Å². The average molecular weight is 869 g/mol. The Morgan fingerprint density at radius 1 is 0.520 bits per heavy atom. The van der Waals surface area contributed by atoms with Crippen LogP contribution in [0.5, 0.6) is 0 Å². The van der Waals surface area contributed by atoms with Crippen LogP contribution in [0.25, 0.3) is 21.5 Å². The molecule has 4 fully saturated rings. The molecular weight excluding hydrogens is 805 g/mol. The Hall–Kier alpha value is -1.13. The zero-order valence-corrected chi connectivity index (χ0v) is 36.6. The van der Waals surface area contributed by atoms with E-state index in [1.165, 1.54) is 150 Å². The molecule has 0 nitrogen and oxygen atoms in total. The van der Waals surface area contributed by atoms with Crippen LogP contribution < -0.4 is 10.6 Å². The number of hydrogen-bond donors (Lipinski definition) is 0. The van der Waals surface area contributed by atoms with Gasteiger partial charge in [-0.2, -0.15) is 12.1 Å². The summed E-state index contributed by atoms with van der Waals surface area (Å²) in [7, 11) is 0.122. The van der Waals surface area contributed by atoms with E-state index >= 15 is 0 Å². The number of fused-ring (bicyclic) bond motifs is 2. The quantitative estimate of drug-likeness (QED) is 0.0751.